The van der Waals surface area contributed by atoms with Gasteiger partial charge in [-0.15, -0.1) is 0 Å². The van der Waals surface area contributed by atoms with Crippen LogP contribution in [0.4, 0.5) is 17.1 Å². The Bertz CT molecular complexity index is 4590. The molecule has 12 aromatic carbocycles. The van der Waals surface area contributed by atoms with E-state index in [1.54, 1.807) is 0 Å². The SMILES string of the molecule is c1ccc(-c2ccc(N(c3ccc4c5ccccc5n(-c5cccc6oc7c(-c8cccc9c8-c8ccccc8C98c9ccccc9-c9ccccc98)cccc7c56)c4c3)c3ccccc3-c3ccccc3)cc2)cc1. The molecule has 0 atom stereocenters. The molecule has 0 bridgehead atoms. The number of benzene rings is 12. The fourth-order valence-electron chi connectivity index (χ4n) is 13.3. The molecule has 0 aliphatic heterocycles. The highest BCUT2D eigenvalue weighted by Gasteiger charge is 2.52. The Labute approximate surface area is 440 Å². The summed E-state index contributed by atoms with van der Waals surface area (Å²) in [6.45, 7) is 0. The number of furan rings is 1. The molecule has 2 heterocycles. The molecule has 16 rings (SSSR count). The van der Waals surface area contributed by atoms with Gasteiger partial charge < -0.3 is 13.9 Å². The molecule has 354 valence electrons. The standard InChI is InChI=1S/C73H46N2O/c1-3-20-47(21-4-1)48-40-42-50(43-41-48)74(65-36-15-10-24-52(65)49-22-5-2-6-23-49)51-44-45-56-55-27-11-16-37-66(55)75(68(56)46-51)67-38-19-39-69-71(67)60-31-17-30-58(72(60)76-69)57-29-18-35-64-70(57)59-28-9-14-34-63(59)73(64)61-32-12-7-25-53(61)54-26-8-13-33-62(54)73/h1-46H. The average Bonchev–Trinajstić information content (AvgIpc) is 4.40. The van der Waals surface area contributed by atoms with E-state index < -0.39 is 5.41 Å². The molecule has 2 aliphatic carbocycles. The number of hydrogen-bond acceptors (Lipinski definition) is 2. The number of rotatable bonds is 7. The van der Waals surface area contributed by atoms with E-state index in [0.717, 1.165) is 72.4 Å². The third kappa shape index (κ3) is 5.99. The van der Waals surface area contributed by atoms with Gasteiger partial charge in [-0.2, -0.15) is 0 Å². The normalized spacial score (nSPS) is 12.8. The van der Waals surface area contributed by atoms with Crippen molar-refractivity contribution in [3.8, 4) is 61.3 Å². The van der Waals surface area contributed by atoms with Crippen LogP contribution in [0.3, 0.4) is 0 Å². The monoisotopic (exact) mass is 966 g/mol. The fraction of sp³-hybridized carbons (Fsp3) is 0.0137. The van der Waals surface area contributed by atoms with Crippen LogP contribution in [0, 0.1) is 0 Å². The van der Waals surface area contributed by atoms with Crippen LogP contribution >= 0.6 is 0 Å². The van der Waals surface area contributed by atoms with Crippen LogP contribution in [0.2, 0.25) is 0 Å². The highest BCUT2D eigenvalue weighted by molar-refractivity contribution is 6.17. The quantitative estimate of drug-likeness (QED) is 0.159. The summed E-state index contributed by atoms with van der Waals surface area (Å²) in [7, 11) is 0. The molecular weight excluding hydrogens is 921 g/mol. The van der Waals surface area contributed by atoms with E-state index in [1.165, 1.54) is 72.0 Å². The van der Waals surface area contributed by atoms with E-state index >= 15 is 0 Å². The Morgan fingerprint density at radius 3 is 1.62 bits per heavy atom. The molecule has 0 saturated carbocycles. The van der Waals surface area contributed by atoms with Crippen molar-refractivity contribution in [2.24, 2.45) is 0 Å². The summed E-state index contributed by atoms with van der Waals surface area (Å²) in [6, 6.07) is 102. The molecule has 1 spiro atoms. The van der Waals surface area contributed by atoms with Crippen molar-refractivity contribution < 1.29 is 4.42 Å². The predicted octanol–water partition coefficient (Wildman–Crippen LogP) is 19.5. The fourth-order valence-corrected chi connectivity index (χ4v) is 13.3. The molecule has 3 heteroatoms. The summed E-state index contributed by atoms with van der Waals surface area (Å²) in [5, 5.41) is 4.54. The minimum Gasteiger partial charge on any atom is -0.455 e. The van der Waals surface area contributed by atoms with Crippen molar-refractivity contribution >= 4 is 60.8 Å². The zero-order valence-electron chi connectivity index (χ0n) is 41.4. The molecule has 0 amide bonds. The highest BCUT2D eigenvalue weighted by atomic mass is 16.3. The van der Waals surface area contributed by atoms with E-state index in [9.17, 15) is 0 Å². The number of fused-ring (bicyclic) bond motifs is 16. The summed E-state index contributed by atoms with van der Waals surface area (Å²) < 4.78 is 9.70. The first-order chi connectivity index (χ1) is 37.7. The van der Waals surface area contributed by atoms with Crippen LogP contribution in [-0.4, -0.2) is 4.57 Å². The molecule has 14 aromatic rings. The van der Waals surface area contributed by atoms with Crippen LogP contribution in [-0.2, 0) is 5.41 Å². The van der Waals surface area contributed by atoms with Crippen LogP contribution in [0.15, 0.2) is 283 Å². The predicted molar refractivity (Wildman–Crippen MR) is 315 cm³/mol. The maximum atomic E-state index is 7.23. The molecule has 0 saturated heterocycles. The molecule has 0 radical (unpaired) electrons. The lowest BCUT2D eigenvalue weighted by Crippen LogP contribution is -2.25. The van der Waals surface area contributed by atoms with Gasteiger partial charge in [0.1, 0.15) is 11.2 Å². The van der Waals surface area contributed by atoms with Crippen molar-refractivity contribution in [2.75, 3.05) is 4.90 Å². The number of aromatic nitrogens is 1. The molecule has 3 nitrogen and oxygen atoms in total. The number of anilines is 3. The molecule has 0 N–H and O–H groups in total. The third-order valence-corrected chi connectivity index (χ3v) is 16.4. The van der Waals surface area contributed by atoms with Gasteiger partial charge in [0.15, 0.2) is 0 Å². The smallest absolute Gasteiger partial charge is 0.143 e. The van der Waals surface area contributed by atoms with Gasteiger partial charge in [0.25, 0.3) is 0 Å². The first kappa shape index (κ1) is 42.5. The van der Waals surface area contributed by atoms with Crippen molar-refractivity contribution in [1.29, 1.82) is 0 Å². The van der Waals surface area contributed by atoms with Gasteiger partial charge in [0, 0.05) is 38.7 Å². The summed E-state index contributed by atoms with van der Waals surface area (Å²) in [6.07, 6.45) is 0. The number of hydrogen-bond donors (Lipinski definition) is 0. The van der Waals surface area contributed by atoms with Crippen molar-refractivity contribution in [1.82, 2.24) is 4.57 Å². The molecule has 76 heavy (non-hydrogen) atoms. The number of para-hydroxylation sites is 3. The Hall–Kier alpha value is -9.96. The van der Waals surface area contributed by atoms with Gasteiger partial charge >= 0.3 is 0 Å². The van der Waals surface area contributed by atoms with Gasteiger partial charge in [-0.05, 0) is 115 Å². The van der Waals surface area contributed by atoms with Crippen molar-refractivity contribution in [3.05, 3.63) is 301 Å². The second kappa shape index (κ2) is 16.5. The van der Waals surface area contributed by atoms with Gasteiger partial charge in [0.05, 0.1) is 33.2 Å². The Morgan fingerprint density at radius 2 is 0.855 bits per heavy atom. The van der Waals surface area contributed by atoms with Crippen LogP contribution in [0.1, 0.15) is 22.3 Å². The lowest BCUT2D eigenvalue weighted by molar-refractivity contribution is 0.670. The minimum absolute atomic E-state index is 0.440. The van der Waals surface area contributed by atoms with Crippen molar-refractivity contribution in [3.63, 3.8) is 0 Å². The highest BCUT2D eigenvalue weighted by Crippen LogP contribution is 2.64. The molecule has 0 unspecified atom stereocenters. The van der Waals surface area contributed by atoms with Crippen LogP contribution < -0.4 is 4.90 Å². The number of nitrogens with zero attached hydrogens (tertiary/aromatic N) is 2. The van der Waals surface area contributed by atoms with Crippen LogP contribution in [0.5, 0.6) is 0 Å². The maximum absolute atomic E-state index is 7.23. The molecule has 2 aliphatic rings. The van der Waals surface area contributed by atoms with Gasteiger partial charge in [0.2, 0.25) is 0 Å². The second-order valence-electron chi connectivity index (χ2n) is 20.2. The largest absolute Gasteiger partial charge is 0.455 e. The van der Waals surface area contributed by atoms with E-state index in [1.807, 2.05) is 0 Å². The van der Waals surface area contributed by atoms with Crippen molar-refractivity contribution in [2.45, 2.75) is 5.41 Å². The zero-order chi connectivity index (χ0) is 49.9. The lowest BCUT2D eigenvalue weighted by atomic mass is 9.70. The van der Waals surface area contributed by atoms with Gasteiger partial charge in [-0.3, -0.25) is 0 Å². The van der Waals surface area contributed by atoms with E-state index in [-0.39, 0.29) is 0 Å². The minimum atomic E-state index is -0.440. The zero-order valence-corrected chi connectivity index (χ0v) is 41.4. The van der Waals surface area contributed by atoms with Crippen LogP contribution in [0.25, 0.3) is 105 Å². The lowest BCUT2D eigenvalue weighted by Gasteiger charge is -2.30. The maximum Gasteiger partial charge on any atom is 0.143 e. The summed E-state index contributed by atoms with van der Waals surface area (Å²) in [5.41, 5.74) is 25.2. The van der Waals surface area contributed by atoms with E-state index in [0.29, 0.717) is 0 Å². The first-order valence-corrected chi connectivity index (χ1v) is 26.2. The first-order valence-electron chi connectivity index (χ1n) is 26.2. The second-order valence-corrected chi connectivity index (χ2v) is 20.2. The summed E-state index contributed by atoms with van der Waals surface area (Å²) in [4.78, 5) is 2.42. The third-order valence-electron chi connectivity index (χ3n) is 16.4. The van der Waals surface area contributed by atoms with E-state index in [4.69, 9.17) is 4.42 Å². The summed E-state index contributed by atoms with van der Waals surface area (Å²) >= 11 is 0. The average molecular weight is 967 g/mol. The molecule has 0 fully saturated rings. The van der Waals surface area contributed by atoms with Gasteiger partial charge in [-0.1, -0.05) is 231 Å². The van der Waals surface area contributed by atoms with Gasteiger partial charge in [-0.25, -0.2) is 0 Å². The Balaban J connectivity index is 0.908. The summed E-state index contributed by atoms with van der Waals surface area (Å²) in [5.74, 6) is 0. The van der Waals surface area contributed by atoms with E-state index in [2.05, 4.69) is 289 Å². The Kier molecular flexibility index (Phi) is 9.25. The molecular formula is C73H46N2O. The Morgan fingerprint density at radius 1 is 0.329 bits per heavy atom. The topological polar surface area (TPSA) is 21.3 Å². The molecule has 2 aromatic heterocycles.